The third-order valence-electron chi connectivity index (χ3n) is 2.54. The van der Waals surface area contributed by atoms with E-state index in [1.807, 2.05) is 38.1 Å². The standard InChI is InChI=1S/C14H23NO3/c1-3-15-12(8-9-16)11-18-14-7-5-6-13(10-14)17-4-2/h5-7,10,12,15-16H,3-4,8-9,11H2,1-2H3. The lowest BCUT2D eigenvalue weighted by molar-refractivity contribution is 0.214. The molecule has 18 heavy (non-hydrogen) atoms. The molecule has 1 aromatic rings. The summed E-state index contributed by atoms with van der Waals surface area (Å²) in [5, 5.41) is 12.2. The van der Waals surface area contributed by atoms with Crippen LogP contribution in [0.4, 0.5) is 0 Å². The Morgan fingerprint density at radius 2 is 1.94 bits per heavy atom. The second-order valence-electron chi connectivity index (χ2n) is 3.99. The van der Waals surface area contributed by atoms with Crippen LogP contribution in [0.1, 0.15) is 20.3 Å². The summed E-state index contributed by atoms with van der Waals surface area (Å²) in [4.78, 5) is 0. The molecule has 1 rings (SSSR count). The lowest BCUT2D eigenvalue weighted by Gasteiger charge is -2.17. The summed E-state index contributed by atoms with van der Waals surface area (Å²) >= 11 is 0. The summed E-state index contributed by atoms with van der Waals surface area (Å²) in [5.41, 5.74) is 0. The van der Waals surface area contributed by atoms with E-state index in [2.05, 4.69) is 5.32 Å². The van der Waals surface area contributed by atoms with Gasteiger partial charge < -0.3 is 19.9 Å². The van der Waals surface area contributed by atoms with Crippen molar-refractivity contribution in [3.63, 3.8) is 0 Å². The first-order valence-electron chi connectivity index (χ1n) is 6.50. The van der Waals surface area contributed by atoms with Crippen molar-refractivity contribution < 1.29 is 14.6 Å². The molecule has 0 bridgehead atoms. The number of hydrogen-bond acceptors (Lipinski definition) is 4. The van der Waals surface area contributed by atoms with E-state index in [4.69, 9.17) is 14.6 Å². The van der Waals surface area contributed by atoms with Crippen LogP contribution in [0.15, 0.2) is 24.3 Å². The minimum atomic E-state index is 0.167. The van der Waals surface area contributed by atoms with Crippen molar-refractivity contribution in [2.45, 2.75) is 26.3 Å². The number of ether oxygens (including phenoxy) is 2. The molecule has 2 N–H and O–H groups in total. The number of aliphatic hydroxyl groups is 1. The molecule has 0 aliphatic carbocycles. The highest BCUT2D eigenvalue weighted by molar-refractivity contribution is 5.32. The fraction of sp³-hybridized carbons (Fsp3) is 0.571. The topological polar surface area (TPSA) is 50.7 Å². The first kappa shape index (κ1) is 14.8. The molecule has 0 amide bonds. The molecule has 0 fully saturated rings. The first-order chi connectivity index (χ1) is 8.80. The average molecular weight is 253 g/mol. The van der Waals surface area contributed by atoms with E-state index >= 15 is 0 Å². The number of benzene rings is 1. The third-order valence-corrected chi connectivity index (χ3v) is 2.54. The van der Waals surface area contributed by atoms with E-state index in [9.17, 15) is 0 Å². The lowest BCUT2D eigenvalue weighted by atomic mass is 10.2. The second-order valence-corrected chi connectivity index (χ2v) is 3.99. The van der Waals surface area contributed by atoms with Gasteiger partial charge in [-0.25, -0.2) is 0 Å². The van der Waals surface area contributed by atoms with Crippen molar-refractivity contribution >= 4 is 0 Å². The van der Waals surface area contributed by atoms with Crippen LogP contribution in [0.5, 0.6) is 11.5 Å². The van der Waals surface area contributed by atoms with Gasteiger partial charge in [0.15, 0.2) is 0 Å². The maximum absolute atomic E-state index is 8.96. The Bertz CT molecular complexity index is 325. The van der Waals surface area contributed by atoms with Crippen LogP contribution in [0, 0.1) is 0 Å². The van der Waals surface area contributed by atoms with Crippen LogP contribution >= 0.6 is 0 Å². The maximum Gasteiger partial charge on any atom is 0.123 e. The highest BCUT2D eigenvalue weighted by Crippen LogP contribution is 2.19. The third kappa shape index (κ3) is 5.38. The van der Waals surface area contributed by atoms with Crippen molar-refractivity contribution in [3.05, 3.63) is 24.3 Å². The predicted octanol–water partition coefficient (Wildman–Crippen LogP) is 1.82. The first-order valence-corrected chi connectivity index (χ1v) is 6.50. The van der Waals surface area contributed by atoms with Gasteiger partial charge in [0.25, 0.3) is 0 Å². The summed E-state index contributed by atoms with van der Waals surface area (Å²) in [6.07, 6.45) is 0.693. The Labute approximate surface area is 109 Å². The van der Waals surface area contributed by atoms with Crippen molar-refractivity contribution in [3.8, 4) is 11.5 Å². The number of likely N-dealkylation sites (N-methyl/N-ethyl adjacent to an activating group) is 1. The molecule has 0 heterocycles. The molecule has 1 atom stereocenters. The molecule has 0 saturated carbocycles. The Kier molecular flexibility index (Phi) is 7.22. The highest BCUT2D eigenvalue weighted by Gasteiger charge is 2.07. The number of aliphatic hydroxyl groups excluding tert-OH is 1. The number of nitrogens with one attached hydrogen (secondary N) is 1. The van der Waals surface area contributed by atoms with Crippen LogP contribution in [0.2, 0.25) is 0 Å². The molecular formula is C14H23NO3. The fourth-order valence-electron chi connectivity index (χ4n) is 1.71. The quantitative estimate of drug-likeness (QED) is 0.705. The van der Waals surface area contributed by atoms with Crippen LogP contribution in [0.25, 0.3) is 0 Å². The average Bonchev–Trinajstić information content (AvgIpc) is 2.37. The van der Waals surface area contributed by atoms with Gasteiger partial charge >= 0.3 is 0 Å². The zero-order valence-electron chi connectivity index (χ0n) is 11.2. The van der Waals surface area contributed by atoms with Crippen molar-refractivity contribution in [1.82, 2.24) is 5.32 Å². The summed E-state index contributed by atoms with van der Waals surface area (Å²) < 4.78 is 11.1. The summed E-state index contributed by atoms with van der Waals surface area (Å²) in [6.45, 7) is 6.22. The minimum Gasteiger partial charge on any atom is -0.494 e. The molecular weight excluding hydrogens is 230 g/mol. The van der Waals surface area contributed by atoms with Gasteiger partial charge in [0.05, 0.1) is 6.61 Å². The molecule has 1 unspecified atom stereocenters. The van der Waals surface area contributed by atoms with E-state index in [0.717, 1.165) is 18.0 Å². The summed E-state index contributed by atoms with van der Waals surface area (Å²) in [7, 11) is 0. The molecule has 4 nitrogen and oxygen atoms in total. The molecule has 0 aromatic heterocycles. The fourth-order valence-corrected chi connectivity index (χ4v) is 1.71. The van der Waals surface area contributed by atoms with Crippen molar-refractivity contribution in [2.75, 3.05) is 26.4 Å². The summed E-state index contributed by atoms with van der Waals surface area (Å²) in [5.74, 6) is 1.61. The van der Waals surface area contributed by atoms with Gasteiger partial charge in [0.2, 0.25) is 0 Å². The second kappa shape index (κ2) is 8.78. The van der Waals surface area contributed by atoms with Gasteiger partial charge in [-0.2, -0.15) is 0 Å². The molecule has 1 aromatic carbocycles. The normalized spacial score (nSPS) is 12.2. The molecule has 0 radical (unpaired) electrons. The molecule has 102 valence electrons. The van der Waals surface area contributed by atoms with E-state index in [0.29, 0.717) is 19.6 Å². The Hall–Kier alpha value is -1.26. The number of hydrogen-bond donors (Lipinski definition) is 2. The van der Waals surface area contributed by atoms with Gasteiger partial charge in [0.1, 0.15) is 18.1 Å². The zero-order valence-corrected chi connectivity index (χ0v) is 11.2. The largest absolute Gasteiger partial charge is 0.494 e. The van der Waals surface area contributed by atoms with Gasteiger partial charge in [0, 0.05) is 18.7 Å². The van der Waals surface area contributed by atoms with Gasteiger partial charge in [-0.05, 0) is 32.0 Å². The van der Waals surface area contributed by atoms with Crippen LogP contribution in [-0.4, -0.2) is 37.5 Å². The molecule has 0 saturated heterocycles. The van der Waals surface area contributed by atoms with Gasteiger partial charge in [-0.3, -0.25) is 0 Å². The van der Waals surface area contributed by atoms with Crippen molar-refractivity contribution in [2.24, 2.45) is 0 Å². The zero-order chi connectivity index (χ0) is 13.2. The number of rotatable bonds is 9. The maximum atomic E-state index is 8.96. The molecule has 0 spiro atoms. The molecule has 0 aliphatic heterocycles. The van der Waals surface area contributed by atoms with Crippen LogP contribution in [-0.2, 0) is 0 Å². The molecule has 0 aliphatic rings. The van der Waals surface area contributed by atoms with Crippen LogP contribution < -0.4 is 14.8 Å². The SMILES string of the molecule is CCNC(CCO)COc1cccc(OCC)c1. The van der Waals surface area contributed by atoms with E-state index in [1.54, 1.807) is 0 Å². The van der Waals surface area contributed by atoms with Crippen molar-refractivity contribution in [1.29, 1.82) is 0 Å². The van der Waals surface area contributed by atoms with Gasteiger partial charge in [-0.1, -0.05) is 13.0 Å². The van der Waals surface area contributed by atoms with E-state index in [1.165, 1.54) is 0 Å². The highest BCUT2D eigenvalue weighted by atomic mass is 16.5. The van der Waals surface area contributed by atoms with E-state index in [-0.39, 0.29) is 12.6 Å². The minimum absolute atomic E-state index is 0.167. The molecule has 4 heteroatoms. The lowest BCUT2D eigenvalue weighted by Crippen LogP contribution is -2.35. The van der Waals surface area contributed by atoms with Gasteiger partial charge in [-0.15, -0.1) is 0 Å². The summed E-state index contributed by atoms with van der Waals surface area (Å²) in [6, 6.07) is 7.78. The monoisotopic (exact) mass is 253 g/mol. The smallest absolute Gasteiger partial charge is 0.123 e. The van der Waals surface area contributed by atoms with E-state index < -0.39 is 0 Å². The Balaban J connectivity index is 2.47. The Morgan fingerprint density at radius 3 is 2.56 bits per heavy atom. The van der Waals surface area contributed by atoms with Crippen LogP contribution in [0.3, 0.4) is 0 Å². The Morgan fingerprint density at radius 1 is 1.22 bits per heavy atom. The predicted molar refractivity (Wildman–Crippen MR) is 72.3 cm³/mol.